The fraction of sp³-hybridized carbons (Fsp3) is 0.520. The molecule has 1 saturated carbocycles. The van der Waals surface area contributed by atoms with Crippen molar-refractivity contribution in [1.29, 1.82) is 0 Å². The quantitative estimate of drug-likeness (QED) is 0.697. The van der Waals surface area contributed by atoms with Crippen LogP contribution in [0.1, 0.15) is 79.3 Å². The maximum atomic E-state index is 11.3. The zero-order valence-electron chi connectivity index (χ0n) is 18.0. The molecule has 160 valence electrons. The Morgan fingerprint density at radius 2 is 1.97 bits per heavy atom. The highest BCUT2D eigenvalue weighted by Gasteiger charge is 2.28. The largest absolute Gasteiger partial charge is 0.439 e. The lowest BCUT2D eigenvalue weighted by Crippen LogP contribution is -2.39. The lowest BCUT2D eigenvalue weighted by molar-refractivity contribution is 0.1000. The van der Waals surface area contributed by atoms with E-state index in [1.165, 1.54) is 62.3 Å². The van der Waals surface area contributed by atoms with Crippen molar-refractivity contribution < 1.29 is 9.53 Å². The monoisotopic (exact) mass is 407 g/mol. The summed E-state index contributed by atoms with van der Waals surface area (Å²) in [5.41, 5.74) is 8.44. The Morgan fingerprint density at radius 1 is 1.13 bits per heavy atom. The van der Waals surface area contributed by atoms with E-state index in [-0.39, 0.29) is 0 Å². The summed E-state index contributed by atoms with van der Waals surface area (Å²) in [6.07, 6.45) is 11.8. The van der Waals surface area contributed by atoms with Gasteiger partial charge >= 0.3 is 0 Å². The summed E-state index contributed by atoms with van der Waals surface area (Å²) in [5, 5.41) is 0. The van der Waals surface area contributed by atoms with Crippen LogP contribution in [0.2, 0.25) is 0 Å². The zero-order chi connectivity index (χ0) is 20.9. The lowest BCUT2D eigenvalue weighted by Gasteiger charge is -2.37. The number of rotatable bonds is 7. The molecule has 1 atom stereocenters. The number of hydrogen-bond acceptors (Lipinski definition) is 4. The SMILES string of the molecule is CCN(CC1CCCc2c(Oc3ccc(C(N)=O)cn3)cccc21)C1CCCCC1. The molecule has 1 heterocycles. The first-order valence-corrected chi connectivity index (χ1v) is 11.4. The summed E-state index contributed by atoms with van der Waals surface area (Å²) in [4.78, 5) is 18.2. The molecule has 1 aromatic carbocycles. The number of aromatic nitrogens is 1. The van der Waals surface area contributed by atoms with Crippen molar-refractivity contribution in [3.8, 4) is 11.6 Å². The molecule has 1 unspecified atom stereocenters. The van der Waals surface area contributed by atoms with Gasteiger partial charge in [0.2, 0.25) is 11.8 Å². The van der Waals surface area contributed by atoms with E-state index < -0.39 is 5.91 Å². The summed E-state index contributed by atoms with van der Waals surface area (Å²) in [6.45, 7) is 4.57. The van der Waals surface area contributed by atoms with Crippen LogP contribution in [0.3, 0.4) is 0 Å². The van der Waals surface area contributed by atoms with Gasteiger partial charge in [0.25, 0.3) is 0 Å². The van der Waals surface area contributed by atoms with Gasteiger partial charge in [-0.25, -0.2) is 4.98 Å². The van der Waals surface area contributed by atoms with E-state index in [1.807, 2.05) is 6.07 Å². The molecular weight excluding hydrogens is 374 g/mol. The summed E-state index contributed by atoms with van der Waals surface area (Å²) < 4.78 is 6.13. The van der Waals surface area contributed by atoms with Gasteiger partial charge in [-0.15, -0.1) is 0 Å². The van der Waals surface area contributed by atoms with Crippen LogP contribution in [0.25, 0.3) is 0 Å². The van der Waals surface area contributed by atoms with E-state index in [4.69, 9.17) is 10.5 Å². The molecule has 4 rings (SSSR count). The maximum absolute atomic E-state index is 11.3. The Balaban J connectivity index is 1.52. The van der Waals surface area contributed by atoms with Crippen LogP contribution >= 0.6 is 0 Å². The Bertz CT molecular complexity index is 859. The molecule has 2 aromatic rings. The Morgan fingerprint density at radius 3 is 2.67 bits per heavy atom. The first kappa shape index (κ1) is 20.9. The third kappa shape index (κ3) is 4.67. The second-order valence-corrected chi connectivity index (χ2v) is 8.64. The lowest BCUT2D eigenvalue weighted by atomic mass is 9.81. The fourth-order valence-corrected chi connectivity index (χ4v) is 5.16. The third-order valence-electron chi connectivity index (χ3n) is 6.78. The number of pyridine rings is 1. The molecule has 1 aromatic heterocycles. The maximum Gasteiger partial charge on any atom is 0.250 e. The van der Waals surface area contributed by atoms with E-state index in [0.717, 1.165) is 31.3 Å². The minimum absolute atomic E-state index is 0.389. The van der Waals surface area contributed by atoms with Gasteiger partial charge in [-0.05, 0) is 67.8 Å². The van der Waals surface area contributed by atoms with E-state index in [2.05, 4.69) is 28.9 Å². The fourth-order valence-electron chi connectivity index (χ4n) is 5.16. The van der Waals surface area contributed by atoms with E-state index in [1.54, 1.807) is 12.1 Å². The van der Waals surface area contributed by atoms with Gasteiger partial charge in [0.1, 0.15) is 5.75 Å². The van der Waals surface area contributed by atoms with Crippen molar-refractivity contribution in [2.45, 2.75) is 70.3 Å². The molecule has 2 aliphatic rings. The van der Waals surface area contributed by atoms with Crippen molar-refractivity contribution in [3.05, 3.63) is 53.2 Å². The summed E-state index contributed by atoms with van der Waals surface area (Å²) in [6, 6.07) is 10.5. The number of nitrogens with zero attached hydrogens (tertiary/aromatic N) is 2. The van der Waals surface area contributed by atoms with Crippen LogP contribution in [-0.4, -0.2) is 34.9 Å². The van der Waals surface area contributed by atoms with Crippen LogP contribution in [-0.2, 0) is 6.42 Å². The van der Waals surface area contributed by atoms with Crippen LogP contribution in [0.4, 0.5) is 0 Å². The van der Waals surface area contributed by atoms with Crippen molar-refractivity contribution in [2.24, 2.45) is 5.73 Å². The van der Waals surface area contributed by atoms with Gasteiger partial charge in [0, 0.05) is 24.8 Å². The molecule has 0 saturated heterocycles. The second kappa shape index (κ2) is 9.61. The van der Waals surface area contributed by atoms with E-state index >= 15 is 0 Å². The van der Waals surface area contributed by atoms with Gasteiger partial charge in [-0.1, -0.05) is 38.3 Å². The molecule has 0 radical (unpaired) electrons. The highest BCUT2D eigenvalue weighted by Crippen LogP contribution is 2.39. The molecule has 0 spiro atoms. The average molecular weight is 408 g/mol. The second-order valence-electron chi connectivity index (χ2n) is 8.64. The normalized spacial score (nSPS) is 19.5. The predicted octanol–water partition coefficient (Wildman–Crippen LogP) is 5.05. The molecule has 0 aliphatic heterocycles. The molecule has 5 heteroatoms. The average Bonchev–Trinajstić information content (AvgIpc) is 2.79. The number of ether oxygens (including phenoxy) is 1. The van der Waals surface area contributed by atoms with Crippen LogP contribution in [0.15, 0.2) is 36.5 Å². The van der Waals surface area contributed by atoms with Crippen LogP contribution in [0, 0.1) is 0 Å². The minimum Gasteiger partial charge on any atom is -0.439 e. The van der Waals surface area contributed by atoms with Crippen molar-refractivity contribution >= 4 is 5.91 Å². The number of hydrogen-bond donors (Lipinski definition) is 1. The number of amides is 1. The first-order valence-electron chi connectivity index (χ1n) is 11.4. The summed E-state index contributed by atoms with van der Waals surface area (Å²) >= 11 is 0. The molecule has 0 bridgehead atoms. The van der Waals surface area contributed by atoms with Gasteiger partial charge in [-0.2, -0.15) is 0 Å². The number of fused-ring (bicyclic) bond motifs is 1. The highest BCUT2D eigenvalue weighted by atomic mass is 16.5. The number of likely N-dealkylation sites (N-methyl/N-ethyl adjacent to an activating group) is 1. The molecule has 1 fully saturated rings. The van der Waals surface area contributed by atoms with E-state index in [0.29, 0.717) is 17.4 Å². The minimum atomic E-state index is -0.479. The Kier molecular flexibility index (Phi) is 6.68. The van der Waals surface area contributed by atoms with Crippen molar-refractivity contribution in [1.82, 2.24) is 9.88 Å². The van der Waals surface area contributed by atoms with Crippen LogP contribution in [0.5, 0.6) is 11.6 Å². The molecule has 5 nitrogen and oxygen atoms in total. The van der Waals surface area contributed by atoms with Crippen molar-refractivity contribution in [3.63, 3.8) is 0 Å². The molecule has 2 N–H and O–H groups in total. The van der Waals surface area contributed by atoms with Crippen LogP contribution < -0.4 is 10.5 Å². The topological polar surface area (TPSA) is 68.5 Å². The Labute approximate surface area is 179 Å². The van der Waals surface area contributed by atoms with Gasteiger partial charge in [0.15, 0.2) is 0 Å². The molecule has 30 heavy (non-hydrogen) atoms. The summed E-state index contributed by atoms with van der Waals surface area (Å²) in [7, 11) is 0. The number of nitrogens with two attached hydrogens (primary N) is 1. The third-order valence-corrected chi connectivity index (χ3v) is 6.78. The molecule has 2 aliphatic carbocycles. The molecular formula is C25H33N3O2. The number of carbonyl (C=O) groups is 1. The smallest absolute Gasteiger partial charge is 0.250 e. The highest BCUT2D eigenvalue weighted by molar-refractivity contribution is 5.92. The predicted molar refractivity (Wildman–Crippen MR) is 119 cm³/mol. The number of carbonyl (C=O) groups excluding carboxylic acids is 1. The van der Waals surface area contributed by atoms with Gasteiger partial charge in [0.05, 0.1) is 5.56 Å². The summed E-state index contributed by atoms with van der Waals surface area (Å²) in [5.74, 6) is 1.46. The molecule has 1 amide bonds. The number of benzene rings is 1. The Hall–Kier alpha value is -2.40. The first-order chi connectivity index (χ1) is 14.7. The standard InChI is InChI=1S/C25H33N3O2/c1-2-28(20-9-4-3-5-10-20)17-19-8-6-12-22-21(19)11-7-13-23(22)30-24-15-14-18(16-27-24)25(26)29/h7,11,13-16,19-20H,2-6,8-10,12,17H2,1H3,(H2,26,29). The van der Waals surface area contributed by atoms with Gasteiger partial charge < -0.3 is 15.4 Å². The van der Waals surface area contributed by atoms with Crippen molar-refractivity contribution in [2.75, 3.05) is 13.1 Å². The van der Waals surface area contributed by atoms with Gasteiger partial charge in [-0.3, -0.25) is 4.79 Å². The number of primary amides is 1. The van der Waals surface area contributed by atoms with E-state index in [9.17, 15) is 4.79 Å². The zero-order valence-corrected chi connectivity index (χ0v) is 18.0.